The Bertz CT molecular complexity index is 913. The summed E-state index contributed by atoms with van der Waals surface area (Å²) in [6.45, 7) is 1.86. The Hall–Kier alpha value is -3.22. The van der Waals surface area contributed by atoms with Crippen LogP contribution in [-0.4, -0.2) is 14.5 Å². The van der Waals surface area contributed by atoms with Crippen LogP contribution >= 0.6 is 0 Å². The molecule has 0 unspecified atom stereocenters. The monoisotopic (exact) mass is 311 g/mol. The van der Waals surface area contributed by atoms with Crippen molar-refractivity contribution in [2.24, 2.45) is 0 Å². The number of hydrogen-bond donors (Lipinski definition) is 0. The fourth-order valence-electron chi connectivity index (χ4n) is 2.19. The van der Waals surface area contributed by atoms with E-state index in [0.29, 0.717) is 17.3 Å². The Morgan fingerprint density at radius 3 is 2.65 bits per heavy atom. The summed E-state index contributed by atoms with van der Waals surface area (Å²) in [6.07, 6.45) is 1.21. The van der Waals surface area contributed by atoms with Crippen LogP contribution in [0.2, 0.25) is 0 Å². The fraction of sp³-hybridized carbons (Fsp3) is 0.125. The summed E-state index contributed by atoms with van der Waals surface area (Å²) in [5, 5.41) is 10.8. The molecule has 0 saturated heterocycles. The largest absolute Gasteiger partial charge is 0.441 e. The van der Waals surface area contributed by atoms with Crippen molar-refractivity contribution >= 4 is 5.69 Å². The molecule has 0 amide bonds. The summed E-state index contributed by atoms with van der Waals surface area (Å²) >= 11 is 0. The van der Waals surface area contributed by atoms with Crippen LogP contribution in [0.25, 0.3) is 11.5 Å². The summed E-state index contributed by atoms with van der Waals surface area (Å²) in [5.74, 6) is 1.03. The van der Waals surface area contributed by atoms with Crippen LogP contribution in [0.3, 0.4) is 0 Å². The summed E-state index contributed by atoms with van der Waals surface area (Å²) in [4.78, 5) is 26.6. The number of aromatic nitrogens is 2. The molecule has 0 aliphatic carbocycles. The molecule has 1 aromatic carbocycles. The lowest BCUT2D eigenvalue weighted by atomic mass is 10.2. The van der Waals surface area contributed by atoms with Crippen molar-refractivity contribution in [3.8, 4) is 11.5 Å². The van der Waals surface area contributed by atoms with Gasteiger partial charge in [-0.15, -0.1) is 0 Å². The molecule has 0 bridgehead atoms. The normalized spacial score (nSPS) is 10.7. The van der Waals surface area contributed by atoms with Gasteiger partial charge >= 0.3 is 0 Å². The van der Waals surface area contributed by atoms with E-state index in [9.17, 15) is 14.9 Å². The smallest absolute Gasteiger partial charge is 0.285 e. The number of oxazole rings is 1. The third-order valence-corrected chi connectivity index (χ3v) is 3.41. The minimum Gasteiger partial charge on any atom is -0.441 e. The maximum atomic E-state index is 11.9. The molecule has 0 aliphatic heterocycles. The molecule has 0 spiro atoms. The molecule has 23 heavy (non-hydrogen) atoms. The van der Waals surface area contributed by atoms with Crippen molar-refractivity contribution in [3.63, 3.8) is 0 Å². The van der Waals surface area contributed by atoms with Crippen molar-refractivity contribution in [2.45, 2.75) is 13.5 Å². The second-order valence-electron chi connectivity index (χ2n) is 5.00. The standard InChI is InChI=1S/C16H13N3O4/c1-11-14(17-16(23-11)12-5-3-2-4-6-12)10-18-9-13(19(21)22)7-8-15(18)20/h2-9H,10H2,1H3. The average Bonchev–Trinajstić information content (AvgIpc) is 2.91. The van der Waals surface area contributed by atoms with E-state index in [2.05, 4.69) is 4.98 Å². The van der Waals surface area contributed by atoms with E-state index in [1.807, 2.05) is 30.3 Å². The summed E-state index contributed by atoms with van der Waals surface area (Å²) in [5.41, 5.74) is 0.910. The Balaban J connectivity index is 1.95. The summed E-state index contributed by atoms with van der Waals surface area (Å²) in [7, 11) is 0. The highest BCUT2D eigenvalue weighted by Crippen LogP contribution is 2.21. The van der Waals surface area contributed by atoms with Crippen LogP contribution in [-0.2, 0) is 6.54 Å². The first-order chi connectivity index (χ1) is 11.0. The molecule has 3 rings (SSSR count). The number of rotatable bonds is 4. The molecule has 0 radical (unpaired) electrons. The molecule has 2 heterocycles. The van der Waals surface area contributed by atoms with Gasteiger partial charge in [-0.05, 0) is 19.1 Å². The van der Waals surface area contributed by atoms with Gasteiger partial charge in [-0.1, -0.05) is 18.2 Å². The second kappa shape index (κ2) is 5.88. The molecule has 2 aromatic heterocycles. The zero-order valence-electron chi connectivity index (χ0n) is 12.3. The van der Waals surface area contributed by atoms with Crippen LogP contribution in [0.15, 0.2) is 57.9 Å². The Morgan fingerprint density at radius 1 is 1.22 bits per heavy atom. The van der Waals surface area contributed by atoms with Gasteiger partial charge in [0.25, 0.3) is 11.2 Å². The van der Waals surface area contributed by atoms with Crippen LogP contribution in [0.5, 0.6) is 0 Å². The third-order valence-electron chi connectivity index (χ3n) is 3.41. The number of pyridine rings is 1. The van der Waals surface area contributed by atoms with Crippen molar-refractivity contribution in [2.75, 3.05) is 0 Å². The molecule has 7 heteroatoms. The number of nitrogens with zero attached hydrogens (tertiary/aromatic N) is 3. The molecule has 0 atom stereocenters. The van der Waals surface area contributed by atoms with E-state index in [1.54, 1.807) is 6.92 Å². The van der Waals surface area contributed by atoms with E-state index in [4.69, 9.17) is 4.42 Å². The summed E-state index contributed by atoms with van der Waals surface area (Å²) < 4.78 is 6.88. The van der Waals surface area contributed by atoms with Crippen LogP contribution in [0, 0.1) is 17.0 Å². The topological polar surface area (TPSA) is 91.2 Å². The van der Waals surface area contributed by atoms with Gasteiger partial charge in [-0.2, -0.15) is 0 Å². The van der Waals surface area contributed by atoms with Crippen molar-refractivity contribution in [3.05, 3.63) is 80.6 Å². The van der Waals surface area contributed by atoms with Crippen LogP contribution in [0.4, 0.5) is 5.69 Å². The Labute approximate surface area is 131 Å². The average molecular weight is 311 g/mol. The molecule has 0 aliphatic rings. The van der Waals surface area contributed by atoms with Gasteiger partial charge in [0.1, 0.15) is 11.5 Å². The zero-order valence-corrected chi connectivity index (χ0v) is 12.3. The van der Waals surface area contributed by atoms with Gasteiger partial charge in [0.15, 0.2) is 0 Å². The first-order valence-corrected chi connectivity index (χ1v) is 6.91. The lowest BCUT2D eigenvalue weighted by Gasteiger charge is -2.02. The molecule has 0 N–H and O–H groups in total. The fourth-order valence-corrected chi connectivity index (χ4v) is 2.19. The van der Waals surface area contributed by atoms with Gasteiger partial charge < -0.3 is 8.98 Å². The Morgan fingerprint density at radius 2 is 1.96 bits per heavy atom. The molecular formula is C16H13N3O4. The lowest BCUT2D eigenvalue weighted by Crippen LogP contribution is -2.19. The predicted molar refractivity (Wildman–Crippen MR) is 83.1 cm³/mol. The van der Waals surface area contributed by atoms with E-state index < -0.39 is 4.92 Å². The highest BCUT2D eigenvalue weighted by molar-refractivity contribution is 5.53. The molecule has 0 saturated carbocycles. The van der Waals surface area contributed by atoms with Crippen LogP contribution < -0.4 is 5.56 Å². The maximum absolute atomic E-state index is 11.9. The van der Waals surface area contributed by atoms with Crippen molar-refractivity contribution < 1.29 is 9.34 Å². The molecule has 0 fully saturated rings. The molecule has 7 nitrogen and oxygen atoms in total. The quantitative estimate of drug-likeness (QED) is 0.546. The van der Waals surface area contributed by atoms with E-state index in [0.717, 1.165) is 5.56 Å². The highest BCUT2D eigenvalue weighted by atomic mass is 16.6. The first kappa shape index (κ1) is 14.7. The molecule has 116 valence electrons. The maximum Gasteiger partial charge on any atom is 0.285 e. The van der Waals surface area contributed by atoms with Gasteiger partial charge in [-0.25, -0.2) is 4.98 Å². The predicted octanol–water partition coefficient (Wildman–Crippen LogP) is 2.77. The van der Waals surface area contributed by atoms with E-state index in [-0.39, 0.29) is 17.8 Å². The van der Waals surface area contributed by atoms with Gasteiger partial charge in [-0.3, -0.25) is 14.9 Å². The van der Waals surface area contributed by atoms with E-state index in [1.165, 1.54) is 22.9 Å². The number of benzene rings is 1. The van der Waals surface area contributed by atoms with E-state index >= 15 is 0 Å². The van der Waals surface area contributed by atoms with Crippen molar-refractivity contribution in [1.82, 2.24) is 9.55 Å². The minimum atomic E-state index is -0.541. The first-order valence-electron chi connectivity index (χ1n) is 6.91. The lowest BCUT2D eigenvalue weighted by molar-refractivity contribution is -0.385. The number of aryl methyl sites for hydroxylation is 1. The van der Waals surface area contributed by atoms with Gasteiger partial charge in [0, 0.05) is 17.7 Å². The van der Waals surface area contributed by atoms with Crippen LogP contribution in [0.1, 0.15) is 11.5 Å². The highest BCUT2D eigenvalue weighted by Gasteiger charge is 2.14. The Kier molecular flexibility index (Phi) is 3.76. The number of hydrogen-bond acceptors (Lipinski definition) is 5. The second-order valence-corrected chi connectivity index (χ2v) is 5.00. The third kappa shape index (κ3) is 3.03. The minimum absolute atomic E-state index is 0.114. The van der Waals surface area contributed by atoms with Gasteiger partial charge in [0.2, 0.25) is 5.89 Å². The zero-order chi connectivity index (χ0) is 16.4. The van der Waals surface area contributed by atoms with Crippen molar-refractivity contribution in [1.29, 1.82) is 0 Å². The molecular weight excluding hydrogens is 298 g/mol. The van der Waals surface area contributed by atoms with Gasteiger partial charge in [0.05, 0.1) is 17.7 Å². The molecule has 3 aromatic rings. The summed E-state index contributed by atoms with van der Waals surface area (Å²) in [6, 6.07) is 11.7. The number of nitro groups is 1. The SMILES string of the molecule is Cc1oc(-c2ccccc2)nc1Cn1cc([N+](=O)[O-])ccc1=O.